The van der Waals surface area contributed by atoms with Crippen LogP contribution >= 0.6 is 0 Å². The summed E-state index contributed by atoms with van der Waals surface area (Å²) in [4.78, 5) is 13.9. The molecule has 0 radical (unpaired) electrons. The van der Waals surface area contributed by atoms with E-state index in [0.717, 1.165) is 51.6 Å². The van der Waals surface area contributed by atoms with Crippen molar-refractivity contribution in [2.45, 2.75) is 50.4 Å². The minimum absolute atomic E-state index is 0.113. The number of nitrogens with zero attached hydrogens (tertiary/aromatic N) is 1. The first-order chi connectivity index (χ1) is 8.77. The maximum absolute atomic E-state index is 12.0. The summed E-state index contributed by atoms with van der Waals surface area (Å²) >= 11 is 0. The van der Waals surface area contributed by atoms with Gasteiger partial charge in [-0.1, -0.05) is 0 Å². The summed E-state index contributed by atoms with van der Waals surface area (Å²) in [6.07, 6.45) is 6.00. The highest BCUT2D eigenvalue weighted by Gasteiger charge is 2.40. The van der Waals surface area contributed by atoms with Gasteiger partial charge >= 0.3 is 6.03 Å². The van der Waals surface area contributed by atoms with Crippen molar-refractivity contribution in [3.05, 3.63) is 0 Å². The van der Waals surface area contributed by atoms with Crippen LogP contribution in [0.25, 0.3) is 0 Å². The lowest BCUT2D eigenvalue weighted by Gasteiger charge is -2.36. The highest BCUT2D eigenvalue weighted by molar-refractivity contribution is 5.74. The normalized spacial score (nSPS) is 27.9. The van der Waals surface area contributed by atoms with Crippen LogP contribution in [0, 0.1) is 0 Å². The van der Waals surface area contributed by atoms with Crippen LogP contribution in [0.1, 0.15) is 38.5 Å². The number of carbonyl (C=O) groups is 1. The first-order valence-electron chi connectivity index (χ1n) is 7.11. The third-order valence-corrected chi connectivity index (χ3v) is 4.28. The summed E-state index contributed by atoms with van der Waals surface area (Å²) in [5.41, 5.74) is 0. The summed E-state index contributed by atoms with van der Waals surface area (Å²) < 4.78 is 11.4. The Balaban J connectivity index is 1.46. The molecule has 0 aromatic rings. The average Bonchev–Trinajstić information content (AvgIpc) is 3.04. The summed E-state index contributed by atoms with van der Waals surface area (Å²) in [5, 5.41) is 3.14. The maximum atomic E-state index is 12.0. The Bertz CT molecular complexity index is 299. The van der Waals surface area contributed by atoms with Crippen molar-refractivity contribution in [2.24, 2.45) is 0 Å². The van der Waals surface area contributed by atoms with Gasteiger partial charge in [-0.3, -0.25) is 0 Å². The lowest BCUT2D eigenvalue weighted by atomic mass is 9.90. The average molecular weight is 254 g/mol. The summed E-state index contributed by atoms with van der Waals surface area (Å²) in [7, 11) is 0. The number of hydrogen-bond donors (Lipinski definition) is 1. The summed E-state index contributed by atoms with van der Waals surface area (Å²) in [6, 6.07) is 0.401. The van der Waals surface area contributed by atoms with Gasteiger partial charge in [0.05, 0.1) is 13.2 Å². The molecule has 0 bridgehead atoms. The Morgan fingerprint density at radius 3 is 2.33 bits per heavy atom. The molecule has 0 unspecified atom stereocenters. The number of carbonyl (C=O) groups excluding carboxylic acids is 1. The molecule has 3 rings (SSSR count). The fourth-order valence-corrected chi connectivity index (χ4v) is 3.17. The molecule has 3 fully saturated rings. The molecule has 2 aliphatic heterocycles. The van der Waals surface area contributed by atoms with Gasteiger partial charge in [0.2, 0.25) is 0 Å². The molecule has 18 heavy (non-hydrogen) atoms. The van der Waals surface area contributed by atoms with Crippen molar-refractivity contribution in [1.29, 1.82) is 0 Å². The van der Waals surface area contributed by atoms with Gasteiger partial charge < -0.3 is 19.7 Å². The van der Waals surface area contributed by atoms with Crippen LogP contribution in [0.2, 0.25) is 0 Å². The highest BCUT2D eigenvalue weighted by Crippen LogP contribution is 2.35. The molecule has 0 atom stereocenters. The number of likely N-dealkylation sites (tertiary alicyclic amines) is 1. The fraction of sp³-hybridized carbons (Fsp3) is 0.923. The quantitative estimate of drug-likeness (QED) is 0.771. The zero-order valence-corrected chi connectivity index (χ0v) is 10.8. The van der Waals surface area contributed by atoms with Crippen LogP contribution in [-0.4, -0.2) is 49.1 Å². The second-order valence-electron chi connectivity index (χ2n) is 5.53. The van der Waals surface area contributed by atoms with Crippen LogP contribution in [0.4, 0.5) is 4.79 Å². The zero-order valence-electron chi connectivity index (χ0n) is 10.8. The van der Waals surface area contributed by atoms with E-state index in [0.29, 0.717) is 13.2 Å². The van der Waals surface area contributed by atoms with Crippen molar-refractivity contribution in [1.82, 2.24) is 10.2 Å². The summed E-state index contributed by atoms with van der Waals surface area (Å²) in [6.45, 7) is 3.25. The molecule has 1 spiro atoms. The molecule has 2 amide bonds. The minimum atomic E-state index is -0.325. The van der Waals surface area contributed by atoms with E-state index in [1.807, 2.05) is 4.90 Å². The van der Waals surface area contributed by atoms with Crippen molar-refractivity contribution in [2.75, 3.05) is 26.3 Å². The number of hydrogen-bond acceptors (Lipinski definition) is 3. The Kier molecular flexibility index (Phi) is 3.43. The SMILES string of the molecule is O=C(NC1CCC2(CC1)OCCO2)N1CCCC1. The van der Waals surface area contributed by atoms with Gasteiger partial charge in [0, 0.05) is 32.0 Å². The molecule has 0 aromatic heterocycles. The van der Waals surface area contributed by atoms with E-state index in [4.69, 9.17) is 9.47 Å². The van der Waals surface area contributed by atoms with Crippen LogP contribution in [-0.2, 0) is 9.47 Å². The van der Waals surface area contributed by atoms with Crippen LogP contribution in [0.15, 0.2) is 0 Å². The molecule has 102 valence electrons. The molecule has 5 heteroatoms. The Morgan fingerprint density at radius 2 is 1.72 bits per heavy atom. The van der Waals surface area contributed by atoms with Gasteiger partial charge in [-0.2, -0.15) is 0 Å². The minimum Gasteiger partial charge on any atom is -0.348 e. The molecule has 5 nitrogen and oxygen atoms in total. The van der Waals surface area contributed by atoms with E-state index in [-0.39, 0.29) is 17.9 Å². The van der Waals surface area contributed by atoms with Gasteiger partial charge in [0.15, 0.2) is 5.79 Å². The third-order valence-electron chi connectivity index (χ3n) is 4.28. The Hall–Kier alpha value is -0.810. The predicted molar refractivity (Wildman–Crippen MR) is 66.2 cm³/mol. The predicted octanol–water partition coefficient (Wildman–Crippen LogP) is 1.48. The second-order valence-corrected chi connectivity index (χ2v) is 5.53. The third kappa shape index (κ3) is 2.47. The van der Waals surface area contributed by atoms with Crippen LogP contribution in [0.5, 0.6) is 0 Å². The lowest BCUT2D eigenvalue weighted by molar-refractivity contribution is -0.179. The van der Waals surface area contributed by atoms with Crippen LogP contribution in [0.3, 0.4) is 0 Å². The largest absolute Gasteiger partial charge is 0.348 e. The first-order valence-corrected chi connectivity index (χ1v) is 7.11. The smallest absolute Gasteiger partial charge is 0.317 e. The Morgan fingerprint density at radius 1 is 1.11 bits per heavy atom. The molecule has 0 aromatic carbocycles. The molecular formula is C13H22N2O3. The summed E-state index contributed by atoms with van der Waals surface area (Å²) in [5.74, 6) is -0.325. The first kappa shape index (κ1) is 12.2. The van der Waals surface area contributed by atoms with Crippen molar-refractivity contribution in [3.63, 3.8) is 0 Å². The molecule has 2 saturated heterocycles. The van der Waals surface area contributed by atoms with Gasteiger partial charge in [-0.15, -0.1) is 0 Å². The molecular weight excluding hydrogens is 232 g/mol. The van der Waals surface area contributed by atoms with Crippen molar-refractivity contribution in [3.8, 4) is 0 Å². The number of ether oxygens (including phenoxy) is 2. The molecule has 2 heterocycles. The Labute approximate surface area is 108 Å². The number of urea groups is 1. The van der Waals surface area contributed by atoms with Gasteiger partial charge in [0.25, 0.3) is 0 Å². The standard InChI is InChI=1S/C13H22N2O3/c16-12(15-7-1-2-8-15)14-11-3-5-13(6-4-11)17-9-10-18-13/h11H,1-10H2,(H,14,16). The fourth-order valence-electron chi connectivity index (χ4n) is 3.17. The topological polar surface area (TPSA) is 50.8 Å². The molecule has 3 aliphatic rings. The molecule has 1 saturated carbocycles. The van der Waals surface area contributed by atoms with Gasteiger partial charge in [-0.05, 0) is 25.7 Å². The van der Waals surface area contributed by atoms with E-state index in [1.54, 1.807) is 0 Å². The number of rotatable bonds is 1. The van der Waals surface area contributed by atoms with Gasteiger partial charge in [0.1, 0.15) is 0 Å². The monoisotopic (exact) mass is 254 g/mol. The van der Waals surface area contributed by atoms with E-state index in [9.17, 15) is 4.79 Å². The molecule has 1 N–H and O–H groups in total. The van der Waals surface area contributed by atoms with E-state index in [1.165, 1.54) is 0 Å². The van der Waals surface area contributed by atoms with Crippen molar-refractivity contribution < 1.29 is 14.3 Å². The number of nitrogens with one attached hydrogen (secondary N) is 1. The van der Waals surface area contributed by atoms with Crippen molar-refractivity contribution >= 4 is 6.03 Å². The van der Waals surface area contributed by atoms with E-state index >= 15 is 0 Å². The zero-order chi connectivity index (χ0) is 12.4. The lowest BCUT2D eigenvalue weighted by Crippen LogP contribution is -2.47. The van der Waals surface area contributed by atoms with E-state index < -0.39 is 0 Å². The number of amides is 2. The van der Waals surface area contributed by atoms with Gasteiger partial charge in [-0.25, -0.2) is 4.79 Å². The van der Waals surface area contributed by atoms with E-state index in [2.05, 4.69) is 5.32 Å². The maximum Gasteiger partial charge on any atom is 0.317 e. The highest BCUT2D eigenvalue weighted by atomic mass is 16.7. The molecule has 1 aliphatic carbocycles. The van der Waals surface area contributed by atoms with Crippen LogP contribution < -0.4 is 5.32 Å². The second kappa shape index (κ2) is 5.05.